The van der Waals surface area contributed by atoms with Gasteiger partial charge in [0.05, 0.1) is 17.7 Å². The van der Waals surface area contributed by atoms with E-state index in [0.717, 1.165) is 38.9 Å². The maximum Gasteiger partial charge on any atom is 0.212 e. The monoisotopic (exact) mass is 373 g/mol. The fraction of sp³-hybridized carbons (Fsp3) is 0.0909. The summed E-state index contributed by atoms with van der Waals surface area (Å²) in [5.41, 5.74) is 5.50. The first-order valence-corrected chi connectivity index (χ1v) is 8.78. The van der Waals surface area contributed by atoms with Crippen molar-refractivity contribution in [2.24, 2.45) is 0 Å². The maximum absolute atomic E-state index is 6.28. The van der Waals surface area contributed by atoms with Crippen LogP contribution in [-0.2, 0) is 0 Å². The zero-order chi connectivity index (χ0) is 18.8. The van der Waals surface area contributed by atoms with Crippen LogP contribution < -0.4 is 4.74 Å². The number of nitrogens with zero attached hydrogens (tertiary/aromatic N) is 2. The minimum Gasteiger partial charge on any atom is -0.481 e. The fourth-order valence-electron chi connectivity index (χ4n) is 2.86. The number of aromatic nitrogens is 3. The molecular formula is C22H16ClN3O. The van der Waals surface area contributed by atoms with Crippen LogP contribution in [0.1, 0.15) is 16.7 Å². The molecule has 0 aliphatic heterocycles. The molecule has 0 amide bonds. The lowest BCUT2D eigenvalue weighted by atomic mass is 10.1. The van der Waals surface area contributed by atoms with Crippen molar-refractivity contribution in [3.8, 4) is 28.8 Å². The Kier molecular flexibility index (Phi) is 4.53. The Labute approximate surface area is 162 Å². The molecule has 27 heavy (non-hydrogen) atoms. The van der Waals surface area contributed by atoms with E-state index in [0.29, 0.717) is 10.9 Å². The van der Waals surface area contributed by atoms with Gasteiger partial charge in [0.2, 0.25) is 5.88 Å². The number of methoxy groups -OCH3 is 1. The van der Waals surface area contributed by atoms with Gasteiger partial charge in [0, 0.05) is 46.7 Å². The van der Waals surface area contributed by atoms with Crippen LogP contribution in [0.2, 0.25) is 5.02 Å². The van der Waals surface area contributed by atoms with E-state index in [1.165, 1.54) is 0 Å². The van der Waals surface area contributed by atoms with Gasteiger partial charge in [-0.15, -0.1) is 0 Å². The van der Waals surface area contributed by atoms with E-state index in [1.807, 2.05) is 49.6 Å². The number of aromatic amines is 1. The number of ether oxygens (including phenoxy) is 1. The quantitative estimate of drug-likeness (QED) is 0.503. The summed E-state index contributed by atoms with van der Waals surface area (Å²) < 4.78 is 5.11. The number of aryl methyl sites for hydroxylation is 1. The van der Waals surface area contributed by atoms with Crippen LogP contribution >= 0.6 is 11.6 Å². The molecule has 4 rings (SSSR count). The van der Waals surface area contributed by atoms with Gasteiger partial charge in [-0.2, -0.15) is 0 Å². The highest BCUT2D eigenvalue weighted by molar-refractivity contribution is 6.31. The van der Waals surface area contributed by atoms with E-state index in [-0.39, 0.29) is 0 Å². The molecule has 0 saturated carbocycles. The third-order valence-corrected chi connectivity index (χ3v) is 4.67. The third-order valence-electron chi connectivity index (χ3n) is 4.35. The topological polar surface area (TPSA) is 50.8 Å². The van der Waals surface area contributed by atoms with Crippen molar-refractivity contribution < 1.29 is 4.74 Å². The number of fused-ring (bicyclic) bond motifs is 1. The molecule has 0 atom stereocenters. The molecule has 3 heterocycles. The van der Waals surface area contributed by atoms with Crippen LogP contribution in [0.5, 0.6) is 5.88 Å². The summed E-state index contributed by atoms with van der Waals surface area (Å²) in [6.07, 6.45) is 5.46. The minimum atomic E-state index is 0.580. The molecule has 0 saturated heterocycles. The molecule has 1 N–H and O–H groups in total. The van der Waals surface area contributed by atoms with Crippen molar-refractivity contribution in [2.45, 2.75) is 6.92 Å². The van der Waals surface area contributed by atoms with Crippen molar-refractivity contribution in [1.29, 1.82) is 0 Å². The lowest BCUT2D eigenvalue weighted by Gasteiger charge is -2.03. The standard InChI is InChI=1S/C22H16ClN3O/c1-14-4-3-5-20(23)18(14)8-6-16-12-25-22-19(16)10-17(13-26-22)15-7-9-21(27-2)24-11-15/h3-5,7,9-13H,1-2H3,(H,25,26). The Hall–Kier alpha value is -3.29. The highest BCUT2D eigenvalue weighted by Gasteiger charge is 2.07. The molecule has 5 heteroatoms. The van der Waals surface area contributed by atoms with Crippen LogP contribution in [0.4, 0.5) is 0 Å². The van der Waals surface area contributed by atoms with E-state index in [9.17, 15) is 0 Å². The van der Waals surface area contributed by atoms with Crippen molar-refractivity contribution in [1.82, 2.24) is 15.0 Å². The Morgan fingerprint density at radius 3 is 2.63 bits per heavy atom. The first-order valence-electron chi connectivity index (χ1n) is 8.40. The normalized spacial score (nSPS) is 10.5. The molecule has 0 unspecified atom stereocenters. The number of H-pyrrole nitrogens is 1. The van der Waals surface area contributed by atoms with E-state index >= 15 is 0 Å². The summed E-state index contributed by atoms with van der Waals surface area (Å²) in [6, 6.07) is 11.6. The van der Waals surface area contributed by atoms with Gasteiger partial charge in [0.25, 0.3) is 0 Å². The second-order valence-corrected chi connectivity index (χ2v) is 6.50. The van der Waals surface area contributed by atoms with Gasteiger partial charge in [-0.05, 0) is 30.7 Å². The number of benzene rings is 1. The number of rotatable bonds is 2. The number of pyridine rings is 2. The number of halogens is 1. The molecule has 0 fully saturated rings. The number of nitrogens with one attached hydrogen (secondary N) is 1. The van der Waals surface area contributed by atoms with Gasteiger partial charge in [-0.3, -0.25) is 0 Å². The summed E-state index contributed by atoms with van der Waals surface area (Å²) in [5.74, 6) is 6.99. The molecule has 0 radical (unpaired) electrons. The second-order valence-electron chi connectivity index (χ2n) is 6.09. The van der Waals surface area contributed by atoms with E-state index < -0.39 is 0 Å². The second kappa shape index (κ2) is 7.14. The molecule has 4 aromatic rings. The van der Waals surface area contributed by atoms with E-state index in [4.69, 9.17) is 16.3 Å². The predicted octanol–water partition coefficient (Wildman–Crippen LogP) is 5.00. The summed E-state index contributed by atoms with van der Waals surface area (Å²) in [5, 5.41) is 1.62. The molecule has 3 aromatic heterocycles. The Bertz CT molecular complexity index is 1160. The molecule has 132 valence electrons. The summed E-state index contributed by atoms with van der Waals surface area (Å²) in [4.78, 5) is 11.9. The van der Waals surface area contributed by atoms with Crippen LogP contribution in [0.25, 0.3) is 22.2 Å². The molecule has 0 spiro atoms. The van der Waals surface area contributed by atoms with Crippen molar-refractivity contribution in [3.63, 3.8) is 0 Å². The molecule has 0 aliphatic carbocycles. The summed E-state index contributed by atoms with van der Waals surface area (Å²) in [7, 11) is 1.60. The molecule has 4 nitrogen and oxygen atoms in total. The average Bonchev–Trinajstić information content (AvgIpc) is 3.10. The smallest absolute Gasteiger partial charge is 0.212 e. The van der Waals surface area contributed by atoms with Crippen LogP contribution in [0, 0.1) is 18.8 Å². The predicted molar refractivity (Wildman–Crippen MR) is 108 cm³/mol. The van der Waals surface area contributed by atoms with Crippen LogP contribution in [-0.4, -0.2) is 22.1 Å². The van der Waals surface area contributed by atoms with E-state index in [1.54, 1.807) is 13.3 Å². The van der Waals surface area contributed by atoms with Gasteiger partial charge in [-0.1, -0.05) is 35.6 Å². The molecular weight excluding hydrogens is 358 g/mol. The van der Waals surface area contributed by atoms with Crippen molar-refractivity contribution in [3.05, 3.63) is 76.7 Å². The Balaban J connectivity index is 1.76. The van der Waals surface area contributed by atoms with Crippen LogP contribution in [0.15, 0.2) is 55.0 Å². The first kappa shape index (κ1) is 17.1. The summed E-state index contributed by atoms with van der Waals surface area (Å²) in [6.45, 7) is 2.00. The van der Waals surface area contributed by atoms with Gasteiger partial charge in [0.1, 0.15) is 5.65 Å². The van der Waals surface area contributed by atoms with E-state index in [2.05, 4.69) is 32.9 Å². The van der Waals surface area contributed by atoms with Gasteiger partial charge < -0.3 is 9.72 Å². The third kappa shape index (κ3) is 3.38. The van der Waals surface area contributed by atoms with Gasteiger partial charge >= 0.3 is 0 Å². The van der Waals surface area contributed by atoms with Crippen molar-refractivity contribution in [2.75, 3.05) is 7.11 Å². The first-order chi connectivity index (χ1) is 13.2. The lowest BCUT2D eigenvalue weighted by molar-refractivity contribution is 0.398. The molecule has 1 aromatic carbocycles. The minimum absolute atomic E-state index is 0.580. The number of hydrogen-bond donors (Lipinski definition) is 1. The van der Waals surface area contributed by atoms with Gasteiger partial charge in [-0.25, -0.2) is 9.97 Å². The van der Waals surface area contributed by atoms with Crippen LogP contribution in [0.3, 0.4) is 0 Å². The average molecular weight is 374 g/mol. The Morgan fingerprint density at radius 1 is 1.04 bits per heavy atom. The largest absolute Gasteiger partial charge is 0.481 e. The molecule has 0 aliphatic rings. The highest BCUT2D eigenvalue weighted by atomic mass is 35.5. The lowest BCUT2D eigenvalue weighted by Crippen LogP contribution is -1.88. The zero-order valence-electron chi connectivity index (χ0n) is 14.9. The summed E-state index contributed by atoms with van der Waals surface area (Å²) >= 11 is 6.28. The SMILES string of the molecule is COc1ccc(-c2cnc3[nH]cc(C#Cc4c(C)cccc4Cl)c3c2)cn1. The fourth-order valence-corrected chi connectivity index (χ4v) is 3.13. The maximum atomic E-state index is 6.28. The zero-order valence-corrected chi connectivity index (χ0v) is 15.6. The molecule has 0 bridgehead atoms. The highest BCUT2D eigenvalue weighted by Crippen LogP contribution is 2.25. The number of hydrogen-bond acceptors (Lipinski definition) is 3. The van der Waals surface area contributed by atoms with Crippen molar-refractivity contribution >= 4 is 22.6 Å². The van der Waals surface area contributed by atoms with Gasteiger partial charge in [0.15, 0.2) is 0 Å². The Morgan fingerprint density at radius 2 is 1.89 bits per heavy atom.